The molecule has 2 heterocycles. The highest BCUT2D eigenvalue weighted by atomic mass is 16.5. The predicted octanol–water partition coefficient (Wildman–Crippen LogP) is 3.05. The highest BCUT2D eigenvalue weighted by Crippen LogP contribution is 2.27. The van der Waals surface area contributed by atoms with Gasteiger partial charge in [0, 0.05) is 17.3 Å². The Kier molecular flexibility index (Phi) is 2.79. The highest BCUT2D eigenvalue weighted by Gasteiger charge is 2.12. The zero-order chi connectivity index (χ0) is 13.2. The van der Waals surface area contributed by atoms with Crippen LogP contribution < -0.4 is 4.74 Å². The standard InChI is InChI=1S/C14H13N3O2/c1-9-14(16-8-15-9)13-7-12(17-19-13)10-3-5-11(18-2)6-4-10/h3-8H,1-2H3,(H,15,16). The molecule has 0 amide bonds. The zero-order valence-electron chi connectivity index (χ0n) is 10.7. The van der Waals surface area contributed by atoms with Crippen molar-refractivity contribution in [1.82, 2.24) is 15.1 Å². The first-order valence-electron chi connectivity index (χ1n) is 5.89. The number of hydrogen-bond donors (Lipinski definition) is 1. The number of nitrogens with one attached hydrogen (secondary N) is 1. The predicted molar refractivity (Wildman–Crippen MR) is 70.8 cm³/mol. The summed E-state index contributed by atoms with van der Waals surface area (Å²) in [7, 11) is 1.64. The lowest BCUT2D eigenvalue weighted by Crippen LogP contribution is -1.82. The van der Waals surface area contributed by atoms with Crippen molar-refractivity contribution in [1.29, 1.82) is 0 Å². The van der Waals surface area contributed by atoms with Gasteiger partial charge in [-0.1, -0.05) is 5.16 Å². The summed E-state index contributed by atoms with van der Waals surface area (Å²) < 4.78 is 10.5. The number of benzene rings is 1. The molecule has 3 aromatic rings. The van der Waals surface area contributed by atoms with Crippen molar-refractivity contribution in [3.8, 4) is 28.5 Å². The molecule has 96 valence electrons. The molecular formula is C14H13N3O2. The Hall–Kier alpha value is -2.56. The normalized spacial score (nSPS) is 10.6. The highest BCUT2D eigenvalue weighted by molar-refractivity contribution is 5.66. The number of nitrogens with zero attached hydrogens (tertiary/aromatic N) is 2. The van der Waals surface area contributed by atoms with E-state index in [0.29, 0.717) is 5.76 Å². The number of ether oxygens (including phenoxy) is 1. The van der Waals surface area contributed by atoms with Crippen LogP contribution in [0.5, 0.6) is 5.75 Å². The van der Waals surface area contributed by atoms with Gasteiger partial charge in [0.15, 0.2) is 5.76 Å². The second kappa shape index (κ2) is 4.61. The van der Waals surface area contributed by atoms with Crippen LogP contribution in [0.15, 0.2) is 41.2 Å². The summed E-state index contributed by atoms with van der Waals surface area (Å²) in [6.45, 7) is 1.94. The van der Waals surface area contributed by atoms with Crippen LogP contribution in [0.25, 0.3) is 22.7 Å². The van der Waals surface area contributed by atoms with Crippen molar-refractivity contribution < 1.29 is 9.26 Å². The molecule has 1 aromatic carbocycles. The minimum absolute atomic E-state index is 0.657. The monoisotopic (exact) mass is 255 g/mol. The molecule has 0 aliphatic carbocycles. The molecular weight excluding hydrogens is 242 g/mol. The van der Waals surface area contributed by atoms with Gasteiger partial charge in [-0.2, -0.15) is 0 Å². The Morgan fingerprint density at radius 3 is 2.63 bits per heavy atom. The van der Waals surface area contributed by atoms with E-state index in [4.69, 9.17) is 9.26 Å². The molecule has 0 aliphatic heterocycles. The maximum atomic E-state index is 5.34. The summed E-state index contributed by atoms with van der Waals surface area (Å²) >= 11 is 0. The van der Waals surface area contributed by atoms with Crippen molar-refractivity contribution in [2.45, 2.75) is 6.92 Å². The van der Waals surface area contributed by atoms with Crippen molar-refractivity contribution in [3.63, 3.8) is 0 Å². The van der Waals surface area contributed by atoms with Gasteiger partial charge in [0.25, 0.3) is 0 Å². The summed E-state index contributed by atoms with van der Waals surface area (Å²) in [5.74, 6) is 1.47. The van der Waals surface area contributed by atoms with Crippen LogP contribution in [0.1, 0.15) is 5.69 Å². The summed E-state index contributed by atoms with van der Waals surface area (Å²) in [6, 6.07) is 9.55. The minimum Gasteiger partial charge on any atom is -0.497 e. The van der Waals surface area contributed by atoms with Gasteiger partial charge in [-0.25, -0.2) is 4.98 Å². The molecule has 0 fully saturated rings. The average molecular weight is 255 g/mol. The Bertz CT molecular complexity index is 683. The second-order valence-corrected chi connectivity index (χ2v) is 4.18. The molecule has 19 heavy (non-hydrogen) atoms. The van der Waals surface area contributed by atoms with Crippen molar-refractivity contribution >= 4 is 0 Å². The molecule has 1 N–H and O–H groups in total. The maximum Gasteiger partial charge on any atom is 0.187 e. The van der Waals surface area contributed by atoms with Crippen LogP contribution in [-0.2, 0) is 0 Å². The molecule has 3 rings (SSSR count). The largest absolute Gasteiger partial charge is 0.497 e. The van der Waals surface area contributed by atoms with Crippen LogP contribution in [0.4, 0.5) is 0 Å². The molecule has 0 atom stereocenters. The van der Waals surface area contributed by atoms with Gasteiger partial charge >= 0.3 is 0 Å². The van der Waals surface area contributed by atoms with Crippen molar-refractivity contribution in [2.75, 3.05) is 7.11 Å². The summed E-state index contributed by atoms with van der Waals surface area (Å²) in [5.41, 5.74) is 3.49. The fraction of sp³-hybridized carbons (Fsp3) is 0.143. The average Bonchev–Trinajstić information content (AvgIpc) is 3.07. The number of methoxy groups -OCH3 is 1. The first-order valence-corrected chi connectivity index (χ1v) is 5.89. The van der Waals surface area contributed by atoms with E-state index in [0.717, 1.165) is 28.4 Å². The van der Waals surface area contributed by atoms with Gasteiger partial charge in [-0.05, 0) is 31.2 Å². The number of aromatic amines is 1. The first kappa shape index (κ1) is 11.5. The Labute approximate surface area is 110 Å². The topological polar surface area (TPSA) is 63.9 Å². The number of imidazole rings is 1. The Morgan fingerprint density at radius 1 is 1.21 bits per heavy atom. The van der Waals surface area contributed by atoms with E-state index in [1.807, 2.05) is 37.3 Å². The van der Waals surface area contributed by atoms with Gasteiger partial charge in [0.05, 0.1) is 13.4 Å². The Balaban J connectivity index is 1.94. The van der Waals surface area contributed by atoms with Crippen LogP contribution in [0.3, 0.4) is 0 Å². The lowest BCUT2D eigenvalue weighted by Gasteiger charge is -1.99. The Morgan fingerprint density at radius 2 is 2.00 bits per heavy atom. The fourth-order valence-corrected chi connectivity index (χ4v) is 1.89. The van der Waals surface area contributed by atoms with E-state index in [2.05, 4.69) is 15.1 Å². The van der Waals surface area contributed by atoms with Crippen LogP contribution in [0, 0.1) is 6.92 Å². The lowest BCUT2D eigenvalue weighted by molar-refractivity contribution is 0.414. The number of rotatable bonds is 3. The smallest absolute Gasteiger partial charge is 0.187 e. The molecule has 0 aliphatic rings. The van der Waals surface area contributed by atoms with Gasteiger partial charge in [0.1, 0.15) is 17.1 Å². The maximum absolute atomic E-state index is 5.34. The SMILES string of the molecule is COc1ccc(-c2cc(-c3nc[nH]c3C)on2)cc1. The molecule has 5 nitrogen and oxygen atoms in total. The van der Waals surface area contributed by atoms with Gasteiger partial charge in [0.2, 0.25) is 0 Å². The summed E-state index contributed by atoms with van der Waals surface area (Å²) in [4.78, 5) is 7.23. The molecule has 0 radical (unpaired) electrons. The minimum atomic E-state index is 0.657. The van der Waals surface area contributed by atoms with Gasteiger partial charge in [-0.15, -0.1) is 0 Å². The van der Waals surface area contributed by atoms with Crippen LogP contribution in [-0.4, -0.2) is 22.2 Å². The molecule has 0 saturated heterocycles. The number of aryl methyl sites for hydroxylation is 1. The molecule has 0 unspecified atom stereocenters. The second-order valence-electron chi connectivity index (χ2n) is 4.18. The summed E-state index contributed by atoms with van der Waals surface area (Å²) in [6.07, 6.45) is 1.64. The van der Waals surface area contributed by atoms with E-state index >= 15 is 0 Å². The van der Waals surface area contributed by atoms with Crippen LogP contribution >= 0.6 is 0 Å². The third-order valence-corrected chi connectivity index (χ3v) is 2.96. The van der Waals surface area contributed by atoms with Crippen LogP contribution in [0.2, 0.25) is 0 Å². The summed E-state index contributed by atoms with van der Waals surface area (Å²) in [5, 5.41) is 4.07. The molecule has 2 aromatic heterocycles. The van der Waals surface area contributed by atoms with Gasteiger partial charge in [-0.3, -0.25) is 0 Å². The van der Waals surface area contributed by atoms with Crippen molar-refractivity contribution in [2.24, 2.45) is 0 Å². The quantitative estimate of drug-likeness (QED) is 0.781. The third kappa shape index (κ3) is 2.10. The number of hydrogen-bond acceptors (Lipinski definition) is 4. The number of H-pyrrole nitrogens is 1. The first-order chi connectivity index (χ1) is 9.28. The van der Waals surface area contributed by atoms with E-state index < -0.39 is 0 Å². The lowest BCUT2D eigenvalue weighted by atomic mass is 10.1. The third-order valence-electron chi connectivity index (χ3n) is 2.96. The zero-order valence-corrected chi connectivity index (χ0v) is 10.7. The molecule has 0 saturated carbocycles. The molecule has 0 spiro atoms. The van der Waals surface area contributed by atoms with Gasteiger partial charge < -0.3 is 14.2 Å². The molecule has 5 heteroatoms. The van der Waals surface area contributed by atoms with E-state index in [1.165, 1.54) is 0 Å². The molecule has 0 bridgehead atoms. The van der Waals surface area contributed by atoms with E-state index in [-0.39, 0.29) is 0 Å². The van der Waals surface area contributed by atoms with E-state index in [9.17, 15) is 0 Å². The number of aromatic nitrogens is 3. The fourth-order valence-electron chi connectivity index (χ4n) is 1.89. The van der Waals surface area contributed by atoms with E-state index in [1.54, 1.807) is 13.4 Å². The van der Waals surface area contributed by atoms with Crippen molar-refractivity contribution in [3.05, 3.63) is 42.4 Å².